The molecule has 7 heteroatoms. The molecule has 3 heterocycles. The number of rotatable bonds is 4. The summed E-state index contributed by atoms with van der Waals surface area (Å²) in [5.74, 6) is 0.833. The van der Waals surface area contributed by atoms with E-state index in [1.54, 1.807) is 20.2 Å². The van der Waals surface area contributed by atoms with Crippen LogP contribution in [0.2, 0.25) is 0 Å². The van der Waals surface area contributed by atoms with Crippen molar-refractivity contribution >= 4 is 0 Å². The molecule has 1 spiro atoms. The quantitative estimate of drug-likeness (QED) is 0.832. The van der Waals surface area contributed by atoms with Crippen LogP contribution in [0.15, 0.2) is 36.7 Å². The summed E-state index contributed by atoms with van der Waals surface area (Å²) < 4.78 is 13.3. The van der Waals surface area contributed by atoms with Crippen molar-refractivity contribution < 1.29 is 19.7 Å². The molecular formula is C21H29N3O4. The summed E-state index contributed by atoms with van der Waals surface area (Å²) in [5.41, 5.74) is 0.788. The Kier molecular flexibility index (Phi) is 5.18. The van der Waals surface area contributed by atoms with Gasteiger partial charge in [0.1, 0.15) is 11.9 Å². The third kappa shape index (κ3) is 3.80. The van der Waals surface area contributed by atoms with Crippen LogP contribution in [-0.2, 0) is 11.3 Å². The van der Waals surface area contributed by atoms with Gasteiger partial charge in [-0.15, -0.1) is 0 Å². The van der Waals surface area contributed by atoms with Gasteiger partial charge in [-0.1, -0.05) is 0 Å². The third-order valence-electron chi connectivity index (χ3n) is 6.14. The maximum Gasteiger partial charge on any atom is 0.119 e. The Hall–Kier alpha value is -1.93. The second-order valence-electron chi connectivity index (χ2n) is 8.27. The highest BCUT2D eigenvalue weighted by atomic mass is 16.5. The van der Waals surface area contributed by atoms with Gasteiger partial charge in [-0.25, -0.2) is 4.68 Å². The molecule has 7 nitrogen and oxygen atoms in total. The van der Waals surface area contributed by atoms with E-state index >= 15 is 0 Å². The Balaban J connectivity index is 1.47. The molecule has 2 aromatic rings. The maximum absolute atomic E-state index is 10.5. The lowest BCUT2D eigenvalue weighted by molar-refractivity contribution is -0.223. The molecule has 0 bridgehead atoms. The number of aliphatic hydroxyl groups is 2. The zero-order valence-corrected chi connectivity index (χ0v) is 16.5. The van der Waals surface area contributed by atoms with Crippen molar-refractivity contribution in [3.8, 4) is 11.4 Å². The van der Waals surface area contributed by atoms with Crippen LogP contribution in [0.1, 0.15) is 31.7 Å². The predicted octanol–water partition coefficient (Wildman–Crippen LogP) is 1.75. The fraction of sp³-hybridized carbons (Fsp3) is 0.571. The van der Waals surface area contributed by atoms with Gasteiger partial charge in [0.15, 0.2) is 0 Å². The standard InChI is InChI=1S/C21H29N3O4/c1-20(26)15-21(28-14-19(20)25)6-10-23(11-7-21)13-16-12-17(27-2)4-5-18(16)24-9-3-8-22-24/h3-5,8-9,12,19,25-26H,6-7,10-11,13-15H2,1-2H3/t19-,20-/m0/s1. The first kappa shape index (κ1) is 19.4. The van der Waals surface area contributed by atoms with E-state index in [2.05, 4.69) is 16.1 Å². The lowest BCUT2D eigenvalue weighted by Gasteiger charge is -2.50. The van der Waals surface area contributed by atoms with Gasteiger partial charge < -0.3 is 19.7 Å². The molecule has 0 unspecified atom stereocenters. The molecule has 0 aliphatic carbocycles. The molecule has 0 amide bonds. The molecule has 2 atom stereocenters. The van der Waals surface area contributed by atoms with Crippen LogP contribution in [0.4, 0.5) is 0 Å². The highest BCUT2D eigenvalue weighted by Crippen LogP contribution is 2.40. The Morgan fingerprint density at radius 2 is 2.11 bits per heavy atom. The second kappa shape index (κ2) is 7.48. The highest BCUT2D eigenvalue weighted by Gasteiger charge is 2.48. The minimum Gasteiger partial charge on any atom is -0.497 e. The average Bonchev–Trinajstić information content (AvgIpc) is 3.21. The second-order valence-corrected chi connectivity index (χ2v) is 8.27. The highest BCUT2D eigenvalue weighted by molar-refractivity contribution is 5.45. The first-order chi connectivity index (χ1) is 13.4. The molecule has 4 rings (SSSR count). The lowest BCUT2D eigenvalue weighted by atomic mass is 9.76. The van der Waals surface area contributed by atoms with Crippen molar-refractivity contribution in [3.05, 3.63) is 42.2 Å². The van der Waals surface area contributed by atoms with Crippen LogP contribution >= 0.6 is 0 Å². The van der Waals surface area contributed by atoms with Crippen LogP contribution in [0, 0.1) is 0 Å². The Labute approximate surface area is 165 Å². The lowest BCUT2D eigenvalue weighted by Crippen LogP contribution is -2.59. The summed E-state index contributed by atoms with van der Waals surface area (Å²) in [7, 11) is 1.68. The fourth-order valence-electron chi connectivity index (χ4n) is 4.39. The normalized spacial score (nSPS) is 27.8. The first-order valence-corrected chi connectivity index (χ1v) is 9.85. The van der Waals surface area contributed by atoms with Crippen molar-refractivity contribution in [3.63, 3.8) is 0 Å². The minimum atomic E-state index is -1.08. The summed E-state index contributed by atoms with van der Waals surface area (Å²) in [6.07, 6.45) is 5.07. The molecule has 2 aliphatic rings. The van der Waals surface area contributed by atoms with Gasteiger partial charge in [-0.05, 0) is 49.6 Å². The van der Waals surface area contributed by atoms with E-state index in [4.69, 9.17) is 9.47 Å². The van der Waals surface area contributed by atoms with Crippen LogP contribution in [-0.4, -0.2) is 69.0 Å². The smallest absolute Gasteiger partial charge is 0.119 e. The molecule has 1 aromatic carbocycles. The number of piperidine rings is 1. The number of hydrogen-bond acceptors (Lipinski definition) is 6. The Morgan fingerprint density at radius 3 is 2.75 bits per heavy atom. The molecule has 0 saturated carbocycles. The van der Waals surface area contributed by atoms with Gasteiger partial charge in [0, 0.05) is 38.4 Å². The van der Waals surface area contributed by atoms with E-state index in [1.807, 2.05) is 29.1 Å². The summed E-state index contributed by atoms with van der Waals surface area (Å²) in [6, 6.07) is 7.98. The number of methoxy groups -OCH3 is 1. The third-order valence-corrected chi connectivity index (χ3v) is 6.14. The largest absolute Gasteiger partial charge is 0.497 e. The summed E-state index contributed by atoms with van der Waals surface area (Å²) in [4.78, 5) is 2.40. The van der Waals surface area contributed by atoms with Gasteiger partial charge in [-0.3, -0.25) is 4.90 Å². The number of benzene rings is 1. The molecule has 2 fully saturated rings. The number of nitrogens with zero attached hydrogens (tertiary/aromatic N) is 3. The summed E-state index contributed by atoms with van der Waals surface area (Å²) in [5, 5.41) is 24.8. The fourth-order valence-corrected chi connectivity index (χ4v) is 4.39. The molecule has 1 aromatic heterocycles. The Bertz CT molecular complexity index is 798. The van der Waals surface area contributed by atoms with Crippen molar-refractivity contribution in [2.24, 2.45) is 0 Å². The summed E-state index contributed by atoms with van der Waals surface area (Å²) >= 11 is 0. The van der Waals surface area contributed by atoms with Gasteiger partial charge in [0.05, 0.1) is 30.6 Å². The molecular weight excluding hydrogens is 358 g/mol. The van der Waals surface area contributed by atoms with Crippen molar-refractivity contribution in [1.29, 1.82) is 0 Å². The molecule has 152 valence electrons. The zero-order valence-electron chi connectivity index (χ0n) is 16.5. The van der Waals surface area contributed by atoms with Crippen molar-refractivity contribution in [1.82, 2.24) is 14.7 Å². The van der Waals surface area contributed by atoms with Crippen LogP contribution < -0.4 is 4.74 Å². The molecule has 28 heavy (non-hydrogen) atoms. The number of hydrogen-bond donors (Lipinski definition) is 2. The SMILES string of the molecule is COc1ccc(-n2cccn2)c(CN2CCC3(CC2)C[C@](C)(O)[C@@H](O)CO3)c1. The molecule has 2 aliphatic heterocycles. The Morgan fingerprint density at radius 1 is 1.32 bits per heavy atom. The first-order valence-electron chi connectivity index (χ1n) is 9.85. The number of aliphatic hydroxyl groups excluding tert-OH is 1. The molecule has 2 N–H and O–H groups in total. The monoisotopic (exact) mass is 387 g/mol. The van der Waals surface area contributed by atoms with E-state index in [1.165, 1.54) is 0 Å². The van der Waals surface area contributed by atoms with E-state index in [9.17, 15) is 10.2 Å². The van der Waals surface area contributed by atoms with E-state index in [0.29, 0.717) is 6.42 Å². The maximum atomic E-state index is 10.5. The van der Waals surface area contributed by atoms with Crippen LogP contribution in [0.3, 0.4) is 0 Å². The topological polar surface area (TPSA) is 80.0 Å². The van der Waals surface area contributed by atoms with Crippen molar-refractivity contribution in [2.75, 3.05) is 26.8 Å². The van der Waals surface area contributed by atoms with Crippen LogP contribution in [0.5, 0.6) is 5.75 Å². The molecule has 0 radical (unpaired) electrons. The number of likely N-dealkylation sites (tertiary alicyclic amines) is 1. The zero-order chi connectivity index (χ0) is 19.8. The summed E-state index contributed by atoms with van der Waals surface area (Å²) in [6.45, 7) is 4.46. The predicted molar refractivity (Wildman–Crippen MR) is 105 cm³/mol. The van der Waals surface area contributed by atoms with Gasteiger partial charge in [0.25, 0.3) is 0 Å². The van der Waals surface area contributed by atoms with Gasteiger partial charge in [-0.2, -0.15) is 5.10 Å². The molecule has 2 saturated heterocycles. The van der Waals surface area contributed by atoms with Gasteiger partial charge >= 0.3 is 0 Å². The van der Waals surface area contributed by atoms with E-state index in [0.717, 1.165) is 49.5 Å². The van der Waals surface area contributed by atoms with E-state index < -0.39 is 11.7 Å². The minimum absolute atomic E-state index is 0.201. The van der Waals surface area contributed by atoms with Gasteiger partial charge in [0.2, 0.25) is 0 Å². The van der Waals surface area contributed by atoms with Crippen molar-refractivity contribution in [2.45, 2.75) is 50.0 Å². The number of aromatic nitrogens is 2. The van der Waals surface area contributed by atoms with E-state index in [-0.39, 0.29) is 12.2 Å². The van der Waals surface area contributed by atoms with Crippen LogP contribution in [0.25, 0.3) is 5.69 Å². The number of ether oxygens (including phenoxy) is 2. The average molecular weight is 387 g/mol.